The summed E-state index contributed by atoms with van der Waals surface area (Å²) in [5.41, 5.74) is 0.717. The van der Waals surface area contributed by atoms with Gasteiger partial charge in [-0.1, -0.05) is 45.9 Å². The van der Waals surface area contributed by atoms with Crippen LogP contribution in [0.1, 0.15) is 27.7 Å². The normalized spacial score (nSPS) is 12.1. The number of benzene rings is 1. The highest BCUT2D eigenvalue weighted by atomic mass is 32.1. The molecule has 0 atom stereocenters. The first-order chi connectivity index (χ1) is 13.3. The van der Waals surface area contributed by atoms with Gasteiger partial charge in [-0.25, -0.2) is 4.68 Å². The first-order valence-corrected chi connectivity index (χ1v) is 10.2. The third-order valence-corrected chi connectivity index (χ3v) is 4.97. The SMILES string of the molecule is C=CCn1c(=O)c2ccccc2n2c(=S)n(CN(CC(C)C)CC(C)C)nc12. The summed E-state index contributed by atoms with van der Waals surface area (Å²) < 4.78 is 5.97. The molecule has 0 saturated carbocycles. The van der Waals surface area contributed by atoms with Gasteiger partial charge in [0.2, 0.25) is 10.5 Å². The molecule has 0 unspecified atom stereocenters. The minimum absolute atomic E-state index is 0.0728. The second-order valence-corrected chi connectivity index (χ2v) is 8.47. The van der Waals surface area contributed by atoms with E-state index in [2.05, 4.69) is 39.2 Å². The van der Waals surface area contributed by atoms with Crippen LogP contribution in [0.4, 0.5) is 0 Å². The lowest BCUT2D eigenvalue weighted by atomic mass is 10.1. The molecule has 2 heterocycles. The van der Waals surface area contributed by atoms with Crippen molar-refractivity contribution in [2.75, 3.05) is 13.1 Å². The molecule has 2 aromatic heterocycles. The van der Waals surface area contributed by atoms with Gasteiger partial charge in [0.25, 0.3) is 5.56 Å². The molecule has 0 spiro atoms. The molecule has 0 N–H and O–H groups in total. The molecule has 0 saturated heterocycles. The maximum Gasteiger partial charge on any atom is 0.263 e. The monoisotopic (exact) mass is 399 g/mol. The number of fused-ring (bicyclic) bond motifs is 3. The van der Waals surface area contributed by atoms with Gasteiger partial charge in [-0.05, 0) is 36.2 Å². The number of hydrogen-bond acceptors (Lipinski definition) is 4. The Morgan fingerprint density at radius 1 is 1.18 bits per heavy atom. The average Bonchev–Trinajstić information content (AvgIpc) is 2.94. The van der Waals surface area contributed by atoms with Gasteiger partial charge in [0.15, 0.2) is 0 Å². The van der Waals surface area contributed by atoms with Gasteiger partial charge in [-0.3, -0.25) is 18.7 Å². The van der Waals surface area contributed by atoms with Crippen molar-refractivity contribution in [3.8, 4) is 0 Å². The van der Waals surface area contributed by atoms with Gasteiger partial charge in [-0.2, -0.15) is 0 Å². The van der Waals surface area contributed by atoms with Crippen molar-refractivity contribution >= 4 is 28.9 Å². The number of para-hydroxylation sites is 1. The molecule has 3 aromatic rings. The van der Waals surface area contributed by atoms with E-state index in [1.54, 1.807) is 10.6 Å². The van der Waals surface area contributed by atoms with Crippen molar-refractivity contribution in [2.24, 2.45) is 11.8 Å². The van der Waals surface area contributed by atoms with E-state index in [1.165, 1.54) is 0 Å². The van der Waals surface area contributed by atoms with Crippen LogP contribution in [-0.4, -0.2) is 36.7 Å². The number of nitrogens with zero attached hydrogens (tertiary/aromatic N) is 5. The van der Waals surface area contributed by atoms with Crippen molar-refractivity contribution in [2.45, 2.75) is 40.9 Å². The summed E-state index contributed by atoms with van der Waals surface area (Å²) >= 11 is 5.78. The highest BCUT2D eigenvalue weighted by Gasteiger charge is 2.17. The van der Waals surface area contributed by atoms with Crippen LogP contribution in [-0.2, 0) is 13.2 Å². The van der Waals surface area contributed by atoms with Crippen LogP contribution in [0.5, 0.6) is 0 Å². The van der Waals surface area contributed by atoms with Crippen molar-refractivity contribution in [1.82, 2.24) is 23.6 Å². The Bertz CT molecular complexity index is 1100. The van der Waals surface area contributed by atoms with Crippen molar-refractivity contribution < 1.29 is 0 Å². The van der Waals surface area contributed by atoms with E-state index < -0.39 is 0 Å². The number of aromatic nitrogens is 4. The zero-order valence-electron chi connectivity index (χ0n) is 17.1. The molecule has 0 bridgehead atoms. The third kappa shape index (κ3) is 3.95. The second kappa shape index (κ2) is 8.41. The molecule has 0 aliphatic rings. The molecule has 0 radical (unpaired) electrons. The van der Waals surface area contributed by atoms with E-state index in [0.717, 1.165) is 18.6 Å². The minimum Gasteiger partial charge on any atom is -0.284 e. The first-order valence-electron chi connectivity index (χ1n) is 9.77. The van der Waals surface area contributed by atoms with E-state index in [9.17, 15) is 4.79 Å². The van der Waals surface area contributed by atoms with Gasteiger partial charge < -0.3 is 0 Å². The summed E-state index contributed by atoms with van der Waals surface area (Å²) in [7, 11) is 0. The van der Waals surface area contributed by atoms with Crippen molar-refractivity contribution in [3.05, 3.63) is 52.0 Å². The first kappa shape index (κ1) is 20.5. The number of hydrogen-bond donors (Lipinski definition) is 0. The molecule has 150 valence electrons. The summed E-state index contributed by atoms with van der Waals surface area (Å²) in [6.45, 7) is 15.6. The molecular formula is C21H29N5OS. The van der Waals surface area contributed by atoms with Crippen LogP contribution in [0, 0.1) is 16.6 Å². The minimum atomic E-state index is -0.0728. The molecule has 7 heteroatoms. The van der Waals surface area contributed by atoms with E-state index in [0.29, 0.717) is 41.0 Å². The fraction of sp³-hybridized carbons (Fsp3) is 0.476. The highest BCUT2D eigenvalue weighted by molar-refractivity contribution is 7.71. The molecule has 28 heavy (non-hydrogen) atoms. The van der Waals surface area contributed by atoms with E-state index in [1.807, 2.05) is 33.3 Å². The summed E-state index contributed by atoms with van der Waals surface area (Å²) in [6.07, 6.45) is 1.71. The van der Waals surface area contributed by atoms with Gasteiger partial charge >= 0.3 is 0 Å². The molecule has 6 nitrogen and oxygen atoms in total. The maximum atomic E-state index is 13.0. The predicted molar refractivity (Wildman–Crippen MR) is 117 cm³/mol. The Balaban J connectivity index is 2.20. The summed E-state index contributed by atoms with van der Waals surface area (Å²) in [6, 6.07) is 7.54. The average molecular weight is 400 g/mol. The lowest BCUT2D eigenvalue weighted by molar-refractivity contribution is 0.165. The fourth-order valence-corrected chi connectivity index (χ4v) is 3.94. The molecule has 0 aliphatic heterocycles. The third-order valence-electron chi connectivity index (χ3n) is 4.58. The quantitative estimate of drug-likeness (QED) is 0.425. The Kier molecular flexibility index (Phi) is 6.15. The summed E-state index contributed by atoms with van der Waals surface area (Å²) in [4.78, 5) is 15.3. The molecule has 3 rings (SSSR count). The van der Waals surface area contributed by atoms with Crippen LogP contribution in [0.2, 0.25) is 0 Å². The van der Waals surface area contributed by atoms with Crippen molar-refractivity contribution in [3.63, 3.8) is 0 Å². The lowest BCUT2D eigenvalue weighted by Crippen LogP contribution is -2.33. The molecule has 0 amide bonds. The van der Waals surface area contributed by atoms with E-state index >= 15 is 0 Å². The zero-order valence-corrected chi connectivity index (χ0v) is 17.9. The Morgan fingerprint density at radius 2 is 1.82 bits per heavy atom. The lowest BCUT2D eigenvalue weighted by Gasteiger charge is -2.25. The Morgan fingerprint density at radius 3 is 2.43 bits per heavy atom. The van der Waals surface area contributed by atoms with Crippen LogP contribution >= 0.6 is 12.2 Å². The van der Waals surface area contributed by atoms with Crippen LogP contribution in [0.25, 0.3) is 16.7 Å². The predicted octanol–water partition coefficient (Wildman–Crippen LogP) is 3.94. The number of allylic oxidation sites excluding steroid dienone is 1. The van der Waals surface area contributed by atoms with Gasteiger partial charge in [0.1, 0.15) is 0 Å². The summed E-state index contributed by atoms with van der Waals surface area (Å²) in [5.74, 6) is 1.65. The van der Waals surface area contributed by atoms with Crippen molar-refractivity contribution in [1.29, 1.82) is 0 Å². The smallest absolute Gasteiger partial charge is 0.263 e. The van der Waals surface area contributed by atoms with Crippen LogP contribution < -0.4 is 5.56 Å². The molecule has 1 aromatic carbocycles. The van der Waals surface area contributed by atoms with Gasteiger partial charge in [0.05, 0.1) is 17.6 Å². The van der Waals surface area contributed by atoms with Crippen LogP contribution in [0.15, 0.2) is 41.7 Å². The van der Waals surface area contributed by atoms with E-state index in [-0.39, 0.29) is 5.56 Å². The maximum absolute atomic E-state index is 13.0. The van der Waals surface area contributed by atoms with E-state index in [4.69, 9.17) is 17.3 Å². The Hall–Kier alpha value is -2.25. The topological polar surface area (TPSA) is 47.5 Å². The fourth-order valence-electron chi connectivity index (χ4n) is 3.67. The molecular weight excluding hydrogens is 370 g/mol. The highest BCUT2D eigenvalue weighted by Crippen LogP contribution is 2.15. The molecule has 0 aliphatic carbocycles. The van der Waals surface area contributed by atoms with Gasteiger partial charge in [-0.15, -0.1) is 11.7 Å². The Labute approximate surface area is 170 Å². The van der Waals surface area contributed by atoms with Crippen LogP contribution in [0.3, 0.4) is 0 Å². The van der Waals surface area contributed by atoms with Gasteiger partial charge in [0, 0.05) is 19.6 Å². The molecule has 0 fully saturated rings. The zero-order chi connectivity index (χ0) is 20.4. The standard InChI is InChI=1S/C21H29N5OS/c1-6-11-24-19(27)17-9-7-8-10-18(17)26-20(24)22-25(21(26)28)14-23(12-15(2)3)13-16(4)5/h6-10,15-16H,1,11-14H2,2-5H3. The summed E-state index contributed by atoms with van der Waals surface area (Å²) in [5, 5.41) is 5.38. The second-order valence-electron chi connectivity index (χ2n) is 8.10. The largest absolute Gasteiger partial charge is 0.284 e. The number of rotatable bonds is 8.